The number of aromatic nitrogens is 3. The lowest BCUT2D eigenvalue weighted by Gasteiger charge is -2.32. The van der Waals surface area contributed by atoms with Gasteiger partial charge in [-0.15, -0.1) is 0 Å². The van der Waals surface area contributed by atoms with E-state index >= 15 is 0 Å². The number of piperidine rings is 1. The number of aliphatic hydroxyl groups excluding tert-OH is 1. The number of fused-ring (bicyclic) bond motifs is 2. The Morgan fingerprint density at radius 1 is 1.23 bits per heavy atom. The van der Waals surface area contributed by atoms with Crippen molar-refractivity contribution in [2.45, 2.75) is 44.9 Å². The maximum absolute atomic E-state index is 14.7. The van der Waals surface area contributed by atoms with Gasteiger partial charge in [0, 0.05) is 52.2 Å². The molecule has 1 fully saturated rings. The number of hydrogen-bond donors (Lipinski definition) is 4. The van der Waals surface area contributed by atoms with Gasteiger partial charge >= 0.3 is 0 Å². The quantitative estimate of drug-likeness (QED) is 0.410. The van der Waals surface area contributed by atoms with Gasteiger partial charge in [0.25, 0.3) is 0 Å². The Kier molecular flexibility index (Phi) is 6.83. The van der Waals surface area contributed by atoms with Crippen LogP contribution in [0.1, 0.15) is 30.9 Å². The zero-order chi connectivity index (χ0) is 24.4. The summed E-state index contributed by atoms with van der Waals surface area (Å²) in [6, 6.07) is 8.55. The van der Waals surface area contributed by atoms with E-state index < -0.39 is 11.9 Å². The highest BCUT2D eigenvalue weighted by atomic mass is 19.1. The van der Waals surface area contributed by atoms with Crippen molar-refractivity contribution in [2.75, 3.05) is 43.4 Å². The molecule has 186 valence electrons. The lowest BCUT2D eigenvalue weighted by Crippen LogP contribution is -2.41. The van der Waals surface area contributed by atoms with E-state index in [9.17, 15) is 14.3 Å². The molecular weight excluding hydrogens is 449 g/mol. The minimum atomic E-state index is -0.624. The molecule has 35 heavy (non-hydrogen) atoms. The van der Waals surface area contributed by atoms with Gasteiger partial charge in [-0.3, -0.25) is 14.8 Å². The van der Waals surface area contributed by atoms with E-state index in [0.717, 1.165) is 32.4 Å². The first kappa shape index (κ1) is 23.5. The molecule has 0 saturated carbocycles. The summed E-state index contributed by atoms with van der Waals surface area (Å²) >= 11 is 0. The number of halogens is 1. The fraction of sp³-hybridized carbons (Fsp3) is 0.480. The van der Waals surface area contributed by atoms with Crippen LogP contribution >= 0.6 is 0 Å². The predicted octanol–water partition coefficient (Wildman–Crippen LogP) is 2.35. The second-order valence-corrected chi connectivity index (χ2v) is 9.49. The first-order valence-electron chi connectivity index (χ1n) is 12.2. The number of likely N-dealkylation sites (tertiary alicyclic amines) is 1. The summed E-state index contributed by atoms with van der Waals surface area (Å²) in [4.78, 5) is 19.9. The Morgan fingerprint density at radius 2 is 2.00 bits per heavy atom. The number of nitrogens with zero attached hydrogens (tertiary/aromatic N) is 4. The van der Waals surface area contributed by atoms with E-state index in [1.54, 1.807) is 6.92 Å². The normalized spacial score (nSPS) is 17.9. The lowest BCUT2D eigenvalue weighted by molar-refractivity contribution is -0.129. The van der Waals surface area contributed by atoms with Crippen LogP contribution in [0.2, 0.25) is 0 Å². The molecule has 1 atom stereocenters. The van der Waals surface area contributed by atoms with Crippen LogP contribution in [-0.4, -0.2) is 80.9 Å². The summed E-state index contributed by atoms with van der Waals surface area (Å²) in [6.45, 7) is 5.46. The molecule has 1 aromatic carbocycles. The summed E-state index contributed by atoms with van der Waals surface area (Å²) in [5, 5.41) is 24.6. The predicted molar refractivity (Wildman–Crippen MR) is 133 cm³/mol. The van der Waals surface area contributed by atoms with E-state index in [1.807, 2.05) is 11.0 Å². The van der Waals surface area contributed by atoms with E-state index in [2.05, 4.69) is 48.9 Å². The first-order chi connectivity index (χ1) is 17.0. The molecule has 1 amide bonds. The van der Waals surface area contributed by atoms with Crippen molar-refractivity contribution < 1.29 is 14.3 Å². The first-order valence-corrected chi connectivity index (χ1v) is 12.2. The number of H-pyrrole nitrogens is 1. The third-order valence-corrected chi connectivity index (χ3v) is 7.01. The third kappa shape index (κ3) is 5.23. The molecule has 0 unspecified atom stereocenters. The Labute approximate surface area is 203 Å². The smallest absolute Gasteiger partial charge is 0.219 e. The van der Waals surface area contributed by atoms with E-state index in [1.165, 1.54) is 17.3 Å². The summed E-state index contributed by atoms with van der Waals surface area (Å²) in [5.74, 6) is 0.505. The summed E-state index contributed by atoms with van der Waals surface area (Å²) < 4.78 is 14.7. The zero-order valence-electron chi connectivity index (χ0n) is 19.9. The number of carbonyl (C=O) groups excluding carboxylic acids is 1. The number of aromatic amines is 1. The molecular formula is C25H32FN7O2. The lowest BCUT2D eigenvalue weighted by atomic mass is 10.00. The molecule has 5 rings (SSSR count). The molecule has 0 radical (unpaired) electrons. The topological polar surface area (TPSA) is 109 Å². The molecule has 4 heterocycles. The number of carbonyl (C=O) groups is 1. The van der Waals surface area contributed by atoms with Crippen molar-refractivity contribution in [3.63, 3.8) is 0 Å². The van der Waals surface area contributed by atoms with E-state index in [0.29, 0.717) is 42.2 Å². The standard InChI is InChI=1S/C25H32FN7O2/c1-16(34)33-10-7-19(8-11-33)29-25-23-22(21(26)13-28-25)24(31-30-23)27-12-20(35)15-32-9-6-17-4-2-3-5-18(17)14-32/h2-5,13,19-20,35H,6-12,14-15H2,1H3,(H,28,29)(H2,27,30,31)/t20-/m1/s1. The van der Waals surface area contributed by atoms with Crippen LogP contribution in [0.15, 0.2) is 30.5 Å². The van der Waals surface area contributed by atoms with Crippen molar-refractivity contribution >= 4 is 28.4 Å². The molecule has 2 aromatic heterocycles. The SMILES string of the molecule is CC(=O)N1CCC(Nc2ncc(F)c3c(NC[C@@H](O)CN4CCc5ccccc5C4)n[nH]c23)CC1. The van der Waals surface area contributed by atoms with Gasteiger partial charge in [-0.1, -0.05) is 24.3 Å². The summed E-state index contributed by atoms with van der Waals surface area (Å²) in [6.07, 6.45) is 3.14. The summed E-state index contributed by atoms with van der Waals surface area (Å²) in [5.41, 5.74) is 3.17. The second-order valence-electron chi connectivity index (χ2n) is 9.49. The van der Waals surface area contributed by atoms with Crippen LogP contribution in [-0.2, 0) is 17.8 Å². The number of aliphatic hydroxyl groups is 1. The highest BCUT2D eigenvalue weighted by Gasteiger charge is 2.24. The van der Waals surface area contributed by atoms with Crippen molar-refractivity contribution in [3.8, 4) is 0 Å². The fourth-order valence-electron chi connectivity index (χ4n) is 5.05. The van der Waals surface area contributed by atoms with Crippen LogP contribution in [0.25, 0.3) is 10.9 Å². The number of pyridine rings is 1. The van der Waals surface area contributed by atoms with Gasteiger partial charge in [0.15, 0.2) is 17.5 Å². The molecule has 0 bridgehead atoms. The summed E-state index contributed by atoms with van der Waals surface area (Å²) in [7, 11) is 0. The fourth-order valence-corrected chi connectivity index (χ4v) is 5.05. The van der Waals surface area contributed by atoms with Crippen molar-refractivity contribution in [1.82, 2.24) is 25.0 Å². The Hall–Kier alpha value is -3.24. The molecule has 2 aliphatic heterocycles. The minimum Gasteiger partial charge on any atom is -0.390 e. The molecule has 4 N–H and O–H groups in total. The van der Waals surface area contributed by atoms with Crippen LogP contribution in [0.4, 0.5) is 16.0 Å². The van der Waals surface area contributed by atoms with Gasteiger partial charge in [-0.05, 0) is 30.4 Å². The van der Waals surface area contributed by atoms with Crippen LogP contribution in [0.5, 0.6) is 0 Å². The van der Waals surface area contributed by atoms with Gasteiger partial charge in [-0.25, -0.2) is 9.37 Å². The maximum Gasteiger partial charge on any atom is 0.219 e. The van der Waals surface area contributed by atoms with Gasteiger partial charge in [0.2, 0.25) is 5.91 Å². The Balaban J connectivity index is 1.20. The number of benzene rings is 1. The van der Waals surface area contributed by atoms with Crippen LogP contribution in [0, 0.1) is 5.82 Å². The molecule has 0 spiro atoms. The number of anilines is 2. The number of amides is 1. The average molecular weight is 482 g/mol. The van der Waals surface area contributed by atoms with E-state index in [4.69, 9.17) is 0 Å². The van der Waals surface area contributed by atoms with Crippen molar-refractivity contribution in [2.24, 2.45) is 0 Å². The molecule has 10 heteroatoms. The Morgan fingerprint density at radius 3 is 2.77 bits per heavy atom. The van der Waals surface area contributed by atoms with Gasteiger partial charge < -0.3 is 20.6 Å². The van der Waals surface area contributed by atoms with Gasteiger partial charge in [0.05, 0.1) is 17.7 Å². The third-order valence-electron chi connectivity index (χ3n) is 7.01. The van der Waals surface area contributed by atoms with Crippen LogP contribution < -0.4 is 10.6 Å². The molecule has 9 nitrogen and oxygen atoms in total. The second kappa shape index (κ2) is 10.2. The van der Waals surface area contributed by atoms with Gasteiger partial charge in [0.1, 0.15) is 5.52 Å². The molecule has 3 aromatic rings. The number of β-amino-alcohol motifs (C(OH)–C–C–N with tert-alkyl or cyclic N) is 1. The highest BCUT2D eigenvalue weighted by molar-refractivity contribution is 5.96. The zero-order valence-corrected chi connectivity index (χ0v) is 19.9. The Bertz CT molecular complexity index is 1190. The maximum atomic E-state index is 14.7. The van der Waals surface area contributed by atoms with Crippen LogP contribution in [0.3, 0.4) is 0 Å². The highest BCUT2D eigenvalue weighted by Crippen LogP contribution is 2.29. The monoisotopic (exact) mass is 481 g/mol. The number of rotatable bonds is 7. The van der Waals surface area contributed by atoms with E-state index in [-0.39, 0.29) is 18.5 Å². The number of nitrogens with one attached hydrogen (secondary N) is 3. The number of hydrogen-bond acceptors (Lipinski definition) is 7. The molecule has 0 aliphatic carbocycles. The minimum absolute atomic E-state index is 0.0855. The molecule has 1 saturated heterocycles. The van der Waals surface area contributed by atoms with Gasteiger partial charge in [-0.2, -0.15) is 5.10 Å². The molecule has 2 aliphatic rings. The van der Waals surface area contributed by atoms with Crippen molar-refractivity contribution in [3.05, 3.63) is 47.4 Å². The average Bonchev–Trinajstić information content (AvgIpc) is 3.30. The van der Waals surface area contributed by atoms with Crippen molar-refractivity contribution in [1.29, 1.82) is 0 Å². The largest absolute Gasteiger partial charge is 0.390 e.